The van der Waals surface area contributed by atoms with Crippen molar-refractivity contribution in [3.8, 4) is 0 Å². The maximum atomic E-state index is 5.31. The van der Waals surface area contributed by atoms with E-state index < -0.39 is 0 Å². The Hall–Kier alpha value is -1.41. The second-order valence-electron chi connectivity index (χ2n) is 3.21. The summed E-state index contributed by atoms with van der Waals surface area (Å²) >= 11 is 0. The van der Waals surface area contributed by atoms with E-state index in [9.17, 15) is 0 Å². The highest BCUT2D eigenvalue weighted by molar-refractivity contribution is 5.81. The fourth-order valence-electron chi connectivity index (χ4n) is 1.34. The average molecular weight is 187 g/mol. The van der Waals surface area contributed by atoms with Crippen LogP contribution in [0.5, 0.6) is 0 Å². The van der Waals surface area contributed by atoms with E-state index in [0.29, 0.717) is 6.61 Å². The van der Waals surface area contributed by atoms with Gasteiger partial charge < -0.3 is 4.74 Å². The molecule has 0 fully saturated rings. The predicted octanol–water partition coefficient (Wildman–Crippen LogP) is 2.74. The molecule has 1 aliphatic rings. The molecule has 0 aliphatic carbocycles. The van der Waals surface area contributed by atoms with Crippen LogP contribution in [0.3, 0.4) is 0 Å². The molecule has 72 valence electrons. The second-order valence-corrected chi connectivity index (χ2v) is 3.21. The number of hydrogen-bond donors (Lipinski definition) is 0. The van der Waals surface area contributed by atoms with Crippen LogP contribution in [-0.4, -0.2) is 19.4 Å². The minimum absolute atomic E-state index is 0.691. The molecule has 1 aromatic carbocycles. The summed E-state index contributed by atoms with van der Waals surface area (Å²) in [5.41, 5.74) is 2.15. The summed E-state index contributed by atoms with van der Waals surface area (Å²) < 4.78 is 5.31. The van der Waals surface area contributed by atoms with Crippen molar-refractivity contribution in [3.63, 3.8) is 0 Å². The van der Waals surface area contributed by atoms with Gasteiger partial charge in [0, 0.05) is 6.21 Å². The van der Waals surface area contributed by atoms with Gasteiger partial charge in [-0.2, -0.15) is 0 Å². The molecule has 0 unspecified atom stereocenters. The van der Waals surface area contributed by atoms with Gasteiger partial charge >= 0.3 is 0 Å². The van der Waals surface area contributed by atoms with Gasteiger partial charge in [0.05, 0.1) is 18.9 Å². The number of para-hydroxylation sites is 1. The number of rotatable bonds is 2. The molecule has 0 spiro atoms. The fraction of sp³-hybridized carbons (Fsp3) is 0.250. The highest BCUT2D eigenvalue weighted by Gasteiger charge is 1.99. The van der Waals surface area contributed by atoms with Gasteiger partial charge in [0.1, 0.15) is 0 Å². The van der Waals surface area contributed by atoms with E-state index >= 15 is 0 Å². The standard InChI is InChI=1S/C12H13NO/c1-2-6-12(7-3-1)13-9-11-5-4-8-14-10-11/h1-3,5-7,9H,4,8,10H2. The van der Waals surface area contributed by atoms with Gasteiger partial charge in [-0.1, -0.05) is 24.3 Å². The van der Waals surface area contributed by atoms with E-state index in [1.54, 1.807) is 0 Å². The minimum Gasteiger partial charge on any atom is -0.376 e. The smallest absolute Gasteiger partial charge is 0.0728 e. The highest BCUT2D eigenvalue weighted by Crippen LogP contribution is 2.10. The first-order chi connectivity index (χ1) is 6.95. The van der Waals surface area contributed by atoms with Crippen LogP contribution in [-0.2, 0) is 4.74 Å². The summed E-state index contributed by atoms with van der Waals surface area (Å²) in [6, 6.07) is 9.93. The largest absolute Gasteiger partial charge is 0.376 e. The van der Waals surface area contributed by atoms with Crippen LogP contribution in [0.4, 0.5) is 5.69 Å². The zero-order valence-electron chi connectivity index (χ0n) is 8.02. The van der Waals surface area contributed by atoms with E-state index in [0.717, 1.165) is 18.7 Å². The third-order valence-corrected chi connectivity index (χ3v) is 2.07. The van der Waals surface area contributed by atoms with E-state index in [1.807, 2.05) is 36.5 Å². The number of ether oxygens (including phenoxy) is 1. The molecule has 1 heterocycles. The number of nitrogens with zero attached hydrogens (tertiary/aromatic N) is 1. The molecule has 1 aromatic rings. The Bertz CT molecular complexity index is 341. The third kappa shape index (κ3) is 2.54. The summed E-state index contributed by atoms with van der Waals surface area (Å²) in [5.74, 6) is 0. The van der Waals surface area contributed by atoms with Crippen LogP contribution >= 0.6 is 0 Å². The summed E-state index contributed by atoms with van der Waals surface area (Å²) in [5, 5.41) is 0. The van der Waals surface area contributed by atoms with Crippen molar-refractivity contribution in [2.24, 2.45) is 4.99 Å². The summed E-state index contributed by atoms with van der Waals surface area (Å²) in [7, 11) is 0. The number of benzene rings is 1. The van der Waals surface area contributed by atoms with E-state index in [-0.39, 0.29) is 0 Å². The van der Waals surface area contributed by atoms with Crippen LogP contribution in [0, 0.1) is 0 Å². The van der Waals surface area contributed by atoms with Gasteiger partial charge in [-0.3, -0.25) is 4.99 Å². The van der Waals surface area contributed by atoms with Crippen molar-refractivity contribution in [2.45, 2.75) is 6.42 Å². The van der Waals surface area contributed by atoms with Gasteiger partial charge in [0.15, 0.2) is 0 Å². The SMILES string of the molecule is C(=Nc1ccccc1)C1=CCCOC1. The van der Waals surface area contributed by atoms with Crippen molar-refractivity contribution >= 4 is 11.9 Å². The van der Waals surface area contributed by atoms with E-state index in [4.69, 9.17) is 4.74 Å². The second kappa shape index (κ2) is 4.72. The molecule has 2 rings (SSSR count). The Balaban J connectivity index is 2.03. The van der Waals surface area contributed by atoms with Crippen molar-refractivity contribution in [1.82, 2.24) is 0 Å². The lowest BCUT2D eigenvalue weighted by Gasteiger charge is -2.08. The average Bonchev–Trinajstić information content (AvgIpc) is 2.29. The predicted molar refractivity (Wildman–Crippen MR) is 58.1 cm³/mol. The molecule has 2 heteroatoms. The summed E-state index contributed by atoms with van der Waals surface area (Å²) in [4.78, 5) is 4.36. The molecule has 0 aromatic heterocycles. The minimum atomic E-state index is 0.691. The van der Waals surface area contributed by atoms with Gasteiger partial charge in [0.25, 0.3) is 0 Å². The Morgan fingerprint density at radius 1 is 1.21 bits per heavy atom. The first kappa shape index (κ1) is 9.16. The van der Waals surface area contributed by atoms with Crippen molar-refractivity contribution < 1.29 is 4.74 Å². The number of hydrogen-bond acceptors (Lipinski definition) is 2. The maximum Gasteiger partial charge on any atom is 0.0728 e. The van der Waals surface area contributed by atoms with Gasteiger partial charge in [-0.15, -0.1) is 0 Å². The molecule has 0 saturated carbocycles. The van der Waals surface area contributed by atoms with Crippen LogP contribution in [0.1, 0.15) is 6.42 Å². The van der Waals surface area contributed by atoms with Crippen molar-refractivity contribution in [1.29, 1.82) is 0 Å². The molecular weight excluding hydrogens is 174 g/mol. The van der Waals surface area contributed by atoms with Gasteiger partial charge in [0.2, 0.25) is 0 Å². The van der Waals surface area contributed by atoms with Gasteiger partial charge in [-0.05, 0) is 24.1 Å². The zero-order chi connectivity index (χ0) is 9.64. The van der Waals surface area contributed by atoms with E-state index in [1.165, 1.54) is 5.57 Å². The molecular formula is C12H13NO. The fourth-order valence-corrected chi connectivity index (χ4v) is 1.34. The van der Waals surface area contributed by atoms with Crippen molar-refractivity contribution in [3.05, 3.63) is 42.0 Å². The molecule has 0 saturated heterocycles. The van der Waals surface area contributed by atoms with Crippen LogP contribution in [0.25, 0.3) is 0 Å². The first-order valence-corrected chi connectivity index (χ1v) is 4.81. The van der Waals surface area contributed by atoms with Crippen molar-refractivity contribution in [2.75, 3.05) is 13.2 Å². The Labute approximate surface area is 83.9 Å². The normalized spacial score (nSPS) is 17.0. The Kier molecular flexibility index (Phi) is 3.09. The summed E-state index contributed by atoms with van der Waals surface area (Å²) in [6.07, 6.45) is 5.06. The molecule has 0 amide bonds. The first-order valence-electron chi connectivity index (χ1n) is 4.81. The topological polar surface area (TPSA) is 21.6 Å². The van der Waals surface area contributed by atoms with Crippen LogP contribution in [0.2, 0.25) is 0 Å². The monoisotopic (exact) mass is 187 g/mol. The Morgan fingerprint density at radius 2 is 2.07 bits per heavy atom. The van der Waals surface area contributed by atoms with Gasteiger partial charge in [-0.25, -0.2) is 0 Å². The molecule has 0 N–H and O–H groups in total. The third-order valence-electron chi connectivity index (χ3n) is 2.07. The highest BCUT2D eigenvalue weighted by atomic mass is 16.5. The van der Waals surface area contributed by atoms with E-state index in [2.05, 4.69) is 11.1 Å². The Morgan fingerprint density at radius 3 is 2.79 bits per heavy atom. The quantitative estimate of drug-likeness (QED) is 0.652. The maximum absolute atomic E-state index is 5.31. The number of aliphatic imine (C=N–C) groups is 1. The van der Waals surface area contributed by atoms with Crippen LogP contribution in [0.15, 0.2) is 47.0 Å². The molecule has 0 radical (unpaired) electrons. The molecule has 14 heavy (non-hydrogen) atoms. The molecule has 0 bridgehead atoms. The lowest BCUT2D eigenvalue weighted by molar-refractivity contribution is 0.155. The lowest BCUT2D eigenvalue weighted by Crippen LogP contribution is -2.06. The zero-order valence-corrected chi connectivity index (χ0v) is 8.02. The lowest BCUT2D eigenvalue weighted by atomic mass is 10.2. The molecule has 2 nitrogen and oxygen atoms in total. The molecule has 1 aliphatic heterocycles. The van der Waals surface area contributed by atoms with Crippen LogP contribution < -0.4 is 0 Å². The molecule has 0 atom stereocenters. The summed E-state index contributed by atoms with van der Waals surface area (Å²) in [6.45, 7) is 1.53.